The zero-order chi connectivity index (χ0) is 22.3. The maximum Gasteiger partial charge on any atom is 0.377 e. The summed E-state index contributed by atoms with van der Waals surface area (Å²) in [6.45, 7) is 3.78. The lowest BCUT2D eigenvalue weighted by atomic mass is 9.52. The Balaban J connectivity index is 2.04. The zero-order valence-corrected chi connectivity index (χ0v) is 17.1. The number of aliphatic hydroxyl groups is 1. The van der Waals surface area contributed by atoms with Crippen molar-refractivity contribution in [3.8, 4) is 0 Å². The molecule has 0 atom stereocenters. The lowest BCUT2D eigenvalue weighted by Gasteiger charge is -2.54. The molecule has 1 amide bonds. The quantitative estimate of drug-likeness (QED) is 0.633. The average Bonchev–Trinajstić information content (AvgIpc) is 2.66. The number of benzene rings is 1. The molecule has 0 unspecified atom stereocenters. The fourth-order valence-corrected chi connectivity index (χ4v) is 4.07. The number of rotatable bonds is 6. The first-order valence-corrected chi connectivity index (χ1v) is 9.67. The van der Waals surface area contributed by atoms with Crippen LogP contribution in [0, 0.1) is 0 Å². The molecule has 3 rings (SSSR count). The van der Waals surface area contributed by atoms with Gasteiger partial charge in [0.2, 0.25) is 5.91 Å². The second-order valence-electron chi connectivity index (χ2n) is 7.90. The first kappa shape index (κ1) is 22.1. The third-order valence-electron chi connectivity index (χ3n) is 5.54. The number of anilines is 1. The molecule has 1 fully saturated rings. The number of halogens is 3. The van der Waals surface area contributed by atoms with Gasteiger partial charge in [-0.3, -0.25) is 4.79 Å². The Bertz CT molecular complexity index is 973. The molecule has 1 aliphatic carbocycles. The van der Waals surface area contributed by atoms with Gasteiger partial charge in [0.1, 0.15) is 11.4 Å². The topological polar surface area (TPSA) is 99.5 Å². The molecule has 2 aromatic rings. The fourth-order valence-electron chi connectivity index (χ4n) is 3.96. The van der Waals surface area contributed by atoms with Crippen molar-refractivity contribution >= 4 is 29.3 Å². The molecule has 30 heavy (non-hydrogen) atoms. The molecule has 1 aromatic carbocycles. The third kappa shape index (κ3) is 3.54. The lowest BCUT2D eigenvalue weighted by molar-refractivity contribution is -0.244. The van der Waals surface area contributed by atoms with E-state index in [2.05, 4.69) is 10.3 Å². The van der Waals surface area contributed by atoms with Gasteiger partial charge >= 0.3 is 11.9 Å². The van der Waals surface area contributed by atoms with E-state index in [0.717, 1.165) is 5.56 Å². The summed E-state index contributed by atoms with van der Waals surface area (Å²) in [6.07, 6.45) is -0.174. The molecule has 0 saturated heterocycles. The summed E-state index contributed by atoms with van der Waals surface area (Å²) >= 11 is 5.80. The number of nitrogens with one attached hydrogen (secondary N) is 1. The number of pyridine rings is 1. The van der Waals surface area contributed by atoms with E-state index in [1.165, 1.54) is 18.3 Å². The van der Waals surface area contributed by atoms with E-state index in [-0.39, 0.29) is 11.7 Å². The molecular weight excluding hydrogens is 418 g/mol. The number of hydrogen-bond donors (Lipinski definition) is 3. The van der Waals surface area contributed by atoms with Gasteiger partial charge in [0.15, 0.2) is 0 Å². The molecule has 1 aromatic heterocycles. The highest BCUT2D eigenvalue weighted by Crippen LogP contribution is 2.57. The van der Waals surface area contributed by atoms with Crippen LogP contribution in [0.15, 0.2) is 42.6 Å². The molecule has 9 heteroatoms. The summed E-state index contributed by atoms with van der Waals surface area (Å²) in [7, 11) is 0. The maximum atomic E-state index is 14.2. The third-order valence-corrected chi connectivity index (χ3v) is 5.77. The maximum absolute atomic E-state index is 14.2. The minimum Gasteiger partial charge on any atom is -0.477 e. The monoisotopic (exact) mass is 438 g/mol. The largest absolute Gasteiger partial charge is 0.477 e. The molecule has 160 valence electrons. The van der Waals surface area contributed by atoms with E-state index in [1.807, 2.05) is 13.8 Å². The normalized spacial score (nSPS) is 23.7. The number of amides is 1. The summed E-state index contributed by atoms with van der Waals surface area (Å²) in [4.78, 5) is 28.3. The van der Waals surface area contributed by atoms with Crippen molar-refractivity contribution in [2.45, 2.75) is 49.5 Å². The van der Waals surface area contributed by atoms with Gasteiger partial charge in [-0.05, 0) is 29.2 Å². The first-order chi connectivity index (χ1) is 13.9. The Morgan fingerprint density at radius 3 is 2.37 bits per heavy atom. The summed E-state index contributed by atoms with van der Waals surface area (Å²) in [5.74, 6) is -7.37. The van der Waals surface area contributed by atoms with Crippen LogP contribution in [0.25, 0.3) is 0 Å². The van der Waals surface area contributed by atoms with Crippen molar-refractivity contribution < 1.29 is 28.6 Å². The van der Waals surface area contributed by atoms with Gasteiger partial charge in [0, 0.05) is 19.0 Å². The minimum atomic E-state index is -4.40. The molecule has 1 aliphatic rings. The van der Waals surface area contributed by atoms with E-state index in [4.69, 9.17) is 16.7 Å². The number of nitrogens with zero attached hydrogens (tertiary/aromatic N) is 1. The van der Waals surface area contributed by atoms with Gasteiger partial charge < -0.3 is 15.5 Å². The lowest BCUT2D eigenvalue weighted by Crippen LogP contribution is -2.69. The average molecular weight is 439 g/mol. The summed E-state index contributed by atoms with van der Waals surface area (Å²) < 4.78 is 28.4. The smallest absolute Gasteiger partial charge is 0.377 e. The minimum absolute atomic E-state index is 0.0341. The van der Waals surface area contributed by atoms with E-state index in [1.54, 1.807) is 24.3 Å². The van der Waals surface area contributed by atoms with Gasteiger partial charge in [-0.25, -0.2) is 9.78 Å². The van der Waals surface area contributed by atoms with Gasteiger partial charge in [-0.1, -0.05) is 49.7 Å². The highest BCUT2D eigenvalue weighted by atomic mass is 35.5. The number of carboxylic acids is 1. The predicted molar refractivity (Wildman–Crippen MR) is 107 cm³/mol. The number of carboxylic acid groups (broad SMARTS) is 1. The molecule has 0 aliphatic heterocycles. The molecule has 0 bridgehead atoms. The van der Waals surface area contributed by atoms with Crippen LogP contribution in [0.3, 0.4) is 0 Å². The molecule has 1 heterocycles. The Hall–Kier alpha value is -2.58. The standard InChI is InChI=1S/C21H21ClF2N2O4/c1-12(2)14-5-3-4-6-15(14)19(10-20(30,11-19)21(23,24)18(28)29)17(27)26-16-8-7-13(22)9-25-16/h3-9,12,30H,10-11H2,1-2H3,(H,28,29)(H,25,26,27). The van der Waals surface area contributed by atoms with Crippen molar-refractivity contribution in [3.63, 3.8) is 0 Å². The van der Waals surface area contributed by atoms with Crippen LogP contribution >= 0.6 is 11.6 Å². The molecule has 3 N–H and O–H groups in total. The van der Waals surface area contributed by atoms with E-state index < -0.39 is 41.7 Å². The number of hydrogen-bond acceptors (Lipinski definition) is 4. The van der Waals surface area contributed by atoms with Crippen LogP contribution in [0.5, 0.6) is 0 Å². The summed E-state index contributed by atoms with van der Waals surface area (Å²) in [5.41, 5.74) is -3.18. The van der Waals surface area contributed by atoms with Crippen molar-refractivity contribution in [3.05, 3.63) is 58.7 Å². The summed E-state index contributed by atoms with van der Waals surface area (Å²) in [6, 6.07) is 9.82. The van der Waals surface area contributed by atoms with E-state index in [9.17, 15) is 23.5 Å². The molecule has 1 saturated carbocycles. The van der Waals surface area contributed by atoms with Crippen LogP contribution in [-0.4, -0.2) is 38.6 Å². The van der Waals surface area contributed by atoms with Crippen LogP contribution in [0.1, 0.15) is 43.7 Å². The van der Waals surface area contributed by atoms with Crippen LogP contribution in [0.4, 0.5) is 14.6 Å². The number of alkyl halides is 2. The summed E-state index contributed by atoms with van der Waals surface area (Å²) in [5, 5.41) is 22.3. The predicted octanol–water partition coefficient (Wildman–Crippen LogP) is 3.98. The number of aromatic nitrogens is 1. The Morgan fingerprint density at radius 1 is 1.20 bits per heavy atom. The molecule has 0 radical (unpaired) electrons. The number of carbonyl (C=O) groups is 2. The number of aliphatic carboxylic acids is 1. The van der Waals surface area contributed by atoms with Crippen LogP contribution in [0.2, 0.25) is 5.02 Å². The molecule has 0 spiro atoms. The SMILES string of the molecule is CC(C)c1ccccc1C1(C(=O)Nc2ccc(Cl)cn2)CC(O)(C(F)(F)C(=O)O)C1. The van der Waals surface area contributed by atoms with Gasteiger partial charge in [0.25, 0.3) is 0 Å². The van der Waals surface area contributed by atoms with Crippen LogP contribution < -0.4 is 5.32 Å². The van der Waals surface area contributed by atoms with Gasteiger partial charge in [-0.15, -0.1) is 0 Å². The Morgan fingerprint density at radius 2 is 1.83 bits per heavy atom. The zero-order valence-electron chi connectivity index (χ0n) is 16.3. The molecular formula is C21H21ClF2N2O4. The van der Waals surface area contributed by atoms with Crippen LogP contribution in [-0.2, 0) is 15.0 Å². The van der Waals surface area contributed by atoms with E-state index >= 15 is 0 Å². The Labute approximate surface area is 176 Å². The van der Waals surface area contributed by atoms with Crippen molar-refractivity contribution in [2.24, 2.45) is 0 Å². The number of carbonyl (C=O) groups excluding carboxylic acids is 1. The Kier molecular flexibility index (Phi) is 5.60. The molecule has 6 nitrogen and oxygen atoms in total. The van der Waals surface area contributed by atoms with Gasteiger partial charge in [-0.2, -0.15) is 8.78 Å². The highest BCUT2D eigenvalue weighted by molar-refractivity contribution is 6.30. The second-order valence-corrected chi connectivity index (χ2v) is 8.34. The second kappa shape index (κ2) is 7.59. The highest BCUT2D eigenvalue weighted by Gasteiger charge is 2.72. The van der Waals surface area contributed by atoms with Crippen molar-refractivity contribution in [1.82, 2.24) is 4.98 Å². The van der Waals surface area contributed by atoms with E-state index in [0.29, 0.717) is 10.6 Å². The van der Waals surface area contributed by atoms with Crippen molar-refractivity contribution in [1.29, 1.82) is 0 Å². The van der Waals surface area contributed by atoms with Crippen molar-refractivity contribution in [2.75, 3.05) is 5.32 Å². The van der Waals surface area contributed by atoms with Gasteiger partial charge in [0.05, 0.1) is 10.4 Å². The fraction of sp³-hybridized carbons (Fsp3) is 0.381. The first-order valence-electron chi connectivity index (χ1n) is 9.29.